The molecule has 2 N–H and O–H groups in total. The van der Waals surface area contributed by atoms with Gasteiger partial charge in [-0.2, -0.15) is 0 Å². The van der Waals surface area contributed by atoms with Crippen molar-refractivity contribution in [1.82, 2.24) is 4.98 Å². The number of aromatic nitrogens is 1. The molecule has 0 radical (unpaired) electrons. The van der Waals surface area contributed by atoms with E-state index in [0.29, 0.717) is 23.3 Å². The van der Waals surface area contributed by atoms with Crippen LogP contribution in [0.1, 0.15) is 61.8 Å². The van der Waals surface area contributed by atoms with Gasteiger partial charge in [0, 0.05) is 18.8 Å². The first-order valence-electron chi connectivity index (χ1n) is 11.2. The monoisotopic (exact) mass is 435 g/mol. The average molecular weight is 436 g/mol. The molecule has 1 aliphatic heterocycles. The van der Waals surface area contributed by atoms with Gasteiger partial charge in [0.25, 0.3) is 0 Å². The third-order valence-electron chi connectivity index (χ3n) is 6.12. The van der Waals surface area contributed by atoms with Crippen molar-refractivity contribution in [2.24, 2.45) is 0 Å². The molecule has 0 bridgehead atoms. The zero-order valence-electron chi connectivity index (χ0n) is 18.6. The third-order valence-corrected chi connectivity index (χ3v) is 6.12. The lowest BCUT2D eigenvalue weighted by Gasteiger charge is -2.43. The van der Waals surface area contributed by atoms with E-state index in [1.165, 1.54) is 12.1 Å². The van der Waals surface area contributed by atoms with Crippen LogP contribution in [0.2, 0.25) is 0 Å². The number of ether oxygens (including phenoxy) is 1. The summed E-state index contributed by atoms with van der Waals surface area (Å²) in [6.07, 6.45) is 8.37. The highest BCUT2D eigenvalue weighted by atomic mass is 19.1. The molecule has 168 valence electrons. The number of aryl methyl sites for hydroxylation is 2. The van der Waals surface area contributed by atoms with E-state index in [2.05, 4.69) is 4.98 Å². The molecule has 2 aromatic carbocycles. The maximum absolute atomic E-state index is 13.0. The summed E-state index contributed by atoms with van der Waals surface area (Å²) in [7, 11) is 0. The molecule has 0 saturated carbocycles. The van der Waals surface area contributed by atoms with Crippen molar-refractivity contribution in [2.75, 3.05) is 0 Å². The highest BCUT2D eigenvalue weighted by molar-refractivity contribution is 5.56. The normalized spacial score (nSPS) is 19.2. The summed E-state index contributed by atoms with van der Waals surface area (Å²) in [5.74, 6) is 0.377. The number of phenolic OH excluding ortho intramolecular Hbond substituents is 1. The first-order valence-corrected chi connectivity index (χ1v) is 11.2. The van der Waals surface area contributed by atoms with E-state index in [4.69, 9.17) is 4.74 Å². The van der Waals surface area contributed by atoms with E-state index in [-0.39, 0.29) is 11.6 Å². The Labute approximate surface area is 188 Å². The second-order valence-electron chi connectivity index (χ2n) is 9.31. The Balaban J connectivity index is 1.47. The summed E-state index contributed by atoms with van der Waals surface area (Å²) < 4.78 is 19.2. The zero-order valence-corrected chi connectivity index (χ0v) is 18.6. The van der Waals surface area contributed by atoms with Crippen LogP contribution in [0.5, 0.6) is 11.5 Å². The Bertz CT molecular complexity index is 1070. The predicted molar refractivity (Wildman–Crippen MR) is 122 cm³/mol. The SMILES string of the molecule is CC1(C)CC(O)(c2ccncc2)c2c(O)cc(CCCCCc3ccc(F)cc3)cc2O1. The molecule has 5 heteroatoms. The highest BCUT2D eigenvalue weighted by Crippen LogP contribution is 2.51. The van der Waals surface area contributed by atoms with Crippen LogP contribution in [-0.4, -0.2) is 20.8 Å². The van der Waals surface area contributed by atoms with Crippen LogP contribution < -0.4 is 4.74 Å². The molecular formula is C27H30FNO3. The first-order chi connectivity index (χ1) is 15.3. The van der Waals surface area contributed by atoms with Crippen LogP contribution in [0, 0.1) is 5.82 Å². The van der Waals surface area contributed by atoms with Crippen LogP contribution in [-0.2, 0) is 18.4 Å². The lowest BCUT2D eigenvalue weighted by Crippen LogP contribution is -2.45. The van der Waals surface area contributed by atoms with Crippen LogP contribution in [0.3, 0.4) is 0 Å². The molecule has 4 nitrogen and oxygen atoms in total. The number of rotatable bonds is 7. The Hall–Kier alpha value is -2.92. The molecule has 3 aromatic rings. The van der Waals surface area contributed by atoms with Crippen LogP contribution >= 0.6 is 0 Å². The minimum Gasteiger partial charge on any atom is -0.507 e. The molecule has 1 unspecified atom stereocenters. The second kappa shape index (κ2) is 8.91. The van der Waals surface area contributed by atoms with E-state index >= 15 is 0 Å². The lowest BCUT2D eigenvalue weighted by molar-refractivity contribution is -0.0395. The summed E-state index contributed by atoms with van der Waals surface area (Å²) in [4.78, 5) is 4.05. The summed E-state index contributed by atoms with van der Waals surface area (Å²) in [5, 5.41) is 22.6. The van der Waals surface area contributed by atoms with E-state index in [1.807, 2.05) is 32.0 Å². The summed E-state index contributed by atoms with van der Waals surface area (Å²) in [6.45, 7) is 3.89. The fraction of sp³-hybridized carbons (Fsp3) is 0.370. The van der Waals surface area contributed by atoms with Gasteiger partial charge in [-0.15, -0.1) is 0 Å². The molecule has 0 spiro atoms. The van der Waals surface area contributed by atoms with Crippen molar-refractivity contribution in [3.63, 3.8) is 0 Å². The standard InChI is InChI=1S/C27H30FNO3/c1-26(2)18-27(31,21-12-14-29-15-13-21)25-23(30)16-20(17-24(25)32-26)7-5-3-4-6-19-8-10-22(28)11-9-19/h8-17,30-31H,3-7,18H2,1-2H3. The molecule has 0 amide bonds. The van der Waals surface area contributed by atoms with Gasteiger partial charge in [-0.3, -0.25) is 4.98 Å². The molecule has 4 rings (SSSR count). The summed E-state index contributed by atoms with van der Waals surface area (Å²) in [6, 6.07) is 13.9. The maximum atomic E-state index is 13.0. The third kappa shape index (κ3) is 4.78. The van der Waals surface area contributed by atoms with Gasteiger partial charge in [0.1, 0.15) is 28.5 Å². The van der Waals surface area contributed by atoms with Crippen molar-refractivity contribution in [2.45, 2.75) is 63.6 Å². The van der Waals surface area contributed by atoms with Gasteiger partial charge in [0.05, 0.1) is 5.56 Å². The maximum Gasteiger partial charge on any atom is 0.130 e. The van der Waals surface area contributed by atoms with Crippen molar-refractivity contribution in [3.05, 3.63) is 89.0 Å². The van der Waals surface area contributed by atoms with Gasteiger partial charge >= 0.3 is 0 Å². The van der Waals surface area contributed by atoms with E-state index in [0.717, 1.165) is 43.2 Å². The Morgan fingerprint density at radius 2 is 1.59 bits per heavy atom. The fourth-order valence-corrected chi connectivity index (χ4v) is 4.70. The number of unbranched alkanes of at least 4 members (excludes halogenated alkanes) is 2. The highest BCUT2D eigenvalue weighted by Gasteiger charge is 2.47. The van der Waals surface area contributed by atoms with E-state index in [9.17, 15) is 14.6 Å². The Kier molecular flexibility index (Phi) is 6.20. The van der Waals surface area contributed by atoms with Gasteiger partial charge < -0.3 is 14.9 Å². The average Bonchev–Trinajstić information content (AvgIpc) is 2.74. The van der Waals surface area contributed by atoms with E-state index in [1.54, 1.807) is 30.6 Å². The largest absolute Gasteiger partial charge is 0.507 e. The summed E-state index contributed by atoms with van der Waals surface area (Å²) >= 11 is 0. The molecule has 0 aliphatic carbocycles. The van der Waals surface area contributed by atoms with Gasteiger partial charge in [-0.25, -0.2) is 4.39 Å². The van der Waals surface area contributed by atoms with Gasteiger partial charge in [0.15, 0.2) is 0 Å². The van der Waals surface area contributed by atoms with Crippen molar-refractivity contribution in [1.29, 1.82) is 0 Å². The summed E-state index contributed by atoms with van der Waals surface area (Å²) in [5.41, 5.74) is 1.29. The number of halogens is 1. The van der Waals surface area contributed by atoms with E-state index < -0.39 is 11.2 Å². The number of aromatic hydroxyl groups is 1. The number of aliphatic hydroxyl groups is 1. The van der Waals surface area contributed by atoms with Crippen LogP contribution in [0.4, 0.5) is 4.39 Å². The van der Waals surface area contributed by atoms with Crippen molar-refractivity contribution >= 4 is 0 Å². The molecule has 1 atom stereocenters. The van der Waals surface area contributed by atoms with Gasteiger partial charge in [0.2, 0.25) is 0 Å². The number of pyridine rings is 1. The Morgan fingerprint density at radius 1 is 0.938 bits per heavy atom. The minimum absolute atomic E-state index is 0.0543. The van der Waals surface area contributed by atoms with Crippen molar-refractivity contribution in [3.8, 4) is 11.5 Å². The molecule has 0 fully saturated rings. The minimum atomic E-state index is -1.35. The molecule has 32 heavy (non-hydrogen) atoms. The smallest absolute Gasteiger partial charge is 0.130 e. The molecule has 1 aromatic heterocycles. The number of fused-ring (bicyclic) bond motifs is 1. The Morgan fingerprint density at radius 3 is 2.28 bits per heavy atom. The molecule has 1 aliphatic rings. The lowest BCUT2D eigenvalue weighted by atomic mass is 9.75. The number of nitrogens with zero attached hydrogens (tertiary/aromatic N) is 1. The van der Waals surface area contributed by atoms with Crippen LogP contribution in [0.25, 0.3) is 0 Å². The number of phenols is 1. The number of benzene rings is 2. The van der Waals surface area contributed by atoms with Gasteiger partial charge in [-0.1, -0.05) is 18.6 Å². The second-order valence-corrected chi connectivity index (χ2v) is 9.31. The number of hydrogen-bond acceptors (Lipinski definition) is 4. The van der Waals surface area contributed by atoms with Gasteiger partial charge in [-0.05, 0) is 92.6 Å². The molecular weight excluding hydrogens is 405 g/mol. The molecule has 0 saturated heterocycles. The van der Waals surface area contributed by atoms with Crippen LogP contribution in [0.15, 0.2) is 60.9 Å². The first kappa shape index (κ1) is 22.3. The fourth-order valence-electron chi connectivity index (χ4n) is 4.70. The topological polar surface area (TPSA) is 62.6 Å². The quantitative estimate of drug-likeness (QED) is 0.469. The van der Waals surface area contributed by atoms with Crippen molar-refractivity contribution < 1.29 is 19.3 Å². The zero-order chi connectivity index (χ0) is 22.8. The number of hydrogen-bond donors (Lipinski definition) is 2. The molecule has 2 heterocycles. The predicted octanol–water partition coefficient (Wildman–Crippen LogP) is 5.68.